The van der Waals surface area contributed by atoms with Crippen molar-refractivity contribution in [3.05, 3.63) is 35.7 Å². The molecular formula is C13H20N2O. The van der Waals surface area contributed by atoms with Crippen LogP contribution in [0.2, 0.25) is 0 Å². The Balaban J connectivity index is 2.73. The van der Waals surface area contributed by atoms with Crippen molar-refractivity contribution in [3.63, 3.8) is 0 Å². The van der Waals surface area contributed by atoms with Crippen molar-refractivity contribution >= 4 is 0 Å². The number of hydrogen-bond acceptors (Lipinski definition) is 3. The van der Waals surface area contributed by atoms with E-state index in [1.54, 1.807) is 0 Å². The van der Waals surface area contributed by atoms with Gasteiger partial charge in [-0.1, -0.05) is 13.5 Å². The molecule has 0 aliphatic carbocycles. The van der Waals surface area contributed by atoms with Gasteiger partial charge < -0.3 is 10.5 Å². The summed E-state index contributed by atoms with van der Waals surface area (Å²) in [5.74, 6) is 0.825. The van der Waals surface area contributed by atoms with Crippen LogP contribution in [0.25, 0.3) is 0 Å². The lowest BCUT2D eigenvalue weighted by Gasteiger charge is -2.11. The minimum atomic E-state index is 0.554. The van der Waals surface area contributed by atoms with Gasteiger partial charge in [-0.3, -0.25) is 4.98 Å². The summed E-state index contributed by atoms with van der Waals surface area (Å²) < 4.78 is 5.68. The van der Waals surface area contributed by atoms with Crippen molar-refractivity contribution in [3.8, 4) is 5.75 Å². The highest BCUT2D eigenvalue weighted by Crippen LogP contribution is 2.18. The molecule has 16 heavy (non-hydrogen) atoms. The Labute approximate surface area is 97.3 Å². The van der Waals surface area contributed by atoms with E-state index in [1.165, 1.54) is 0 Å². The third-order valence-corrected chi connectivity index (χ3v) is 2.38. The normalized spacial score (nSPS) is 10.2. The van der Waals surface area contributed by atoms with Crippen LogP contribution in [0.5, 0.6) is 5.75 Å². The van der Waals surface area contributed by atoms with Crippen LogP contribution in [0, 0.1) is 6.92 Å². The molecule has 1 heterocycles. The first-order chi connectivity index (χ1) is 7.67. The average molecular weight is 220 g/mol. The maximum Gasteiger partial charge on any atom is 0.141 e. The third kappa shape index (κ3) is 3.66. The molecule has 3 nitrogen and oxygen atoms in total. The summed E-state index contributed by atoms with van der Waals surface area (Å²) in [6.07, 6.45) is 1.68. The molecule has 0 aliphatic heterocycles. The molecule has 0 aliphatic rings. The number of aromatic nitrogens is 1. The Hall–Kier alpha value is -1.35. The average Bonchev–Trinajstić information content (AvgIpc) is 2.28. The van der Waals surface area contributed by atoms with Gasteiger partial charge in [-0.05, 0) is 37.6 Å². The summed E-state index contributed by atoms with van der Waals surface area (Å²) in [5, 5.41) is 0. The minimum absolute atomic E-state index is 0.554. The number of rotatable bonds is 6. The van der Waals surface area contributed by atoms with Gasteiger partial charge in [0.2, 0.25) is 0 Å². The molecule has 0 atom stereocenters. The first-order valence-corrected chi connectivity index (χ1v) is 5.63. The van der Waals surface area contributed by atoms with Crippen molar-refractivity contribution < 1.29 is 4.74 Å². The number of nitrogens with two attached hydrogens (primary N) is 1. The van der Waals surface area contributed by atoms with Crippen molar-refractivity contribution in [2.24, 2.45) is 5.73 Å². The van der Waals surface area contributed by atoms with E-state index in [9.17, 15) is 0 Å². The zero-order valence-corrected chi connectivity index (χ0v) is 10.1. The van der Waals surface area contributed by atoms with Crippen molar-refractivity contribution in [1.29, 1.82) is 0 Å². The van der Waals surface area contributed by atoms with Gasteiger partial charge in [-0.2, -0.15) is 0 Å². The molecule has 0 aromatic carbocycles. The molecule has 2 N–H and O–H groups in total. The first-order valence-electron chi connectivity index (χ1n) is 5.63. The second kappa shape index (κ2) is 6.28. The van der Waals surface area contributed by atoms with Gasteiger partial charge in [-0.15, -0.1) is 0 Å². The molecule has 0 fully saturated rings. The molecule has 88 valence electrons. The molecule has 0 amide bonds. The lowest BCUT2D eigenvalue weighted by Crippen LogP contribution is -2.09. The minimum Gasteiger partial charge on any atom is -0.487 e. The molecule has 0 unspecified atom stereocenters. The number of hydrogen-bond donors (Lipinski definition) is 1. The highest BCUT2D eigenvalue weighted by atomic mass is 16.5. The van der Waals surface area contributed by atoms with Crippen molar-refractivity contribution in [1.82, 2.24) is 4.98 Å². The highest BCUT2D eigenvalue weighted by Gasteiger charge is 2.05. The fraction of sp³-hybridized carbons (Fsp3) is 0.462. The Bertz CT molecular complexity index is 361. The van der Waals surface area contributed by atoms with Crippen LogP contribution in [0.15, 0.2) is 24.3 Å². The Kier molecular flexibility index (Phi) is 4.99. The topological polar surface area (TPSA) is 48.1 Å². The first kappa shape index (κ1) is 12.7. The van der Waals surface area contributed by atoms with Crippen molar-refractivity contribution in [2.45, 2.75) is 26.7 Å². The standard InChI is InChI=1S/C13H20N2O/c1-4-10(2)9-16-13-6-5-11(3)15-12(13)7-8-14/h5-6H,2,4,7-9,14H2,1,3H3. The quantitative estimate of drug-likeness (QED) is 0.748. The van der Waals surface area contributed by atoms with E-state index in [4.69, 9.17) is 10.5 Å². The monoisotopic (exact) mass is 220 g/mol. The van der Waals surface area contributed by atoms with Crippen LogP contribution >= 0.6 is 0 Å². The van der Waals surface area contributed by atoms with Gasteiger partial charge in [0.15, 0.2) is 0 Å². The second-order valence-corrected chi connectivity index (χ2v) is 3.83. The van der Waals surface area contributed by atoms with Crippen molar-refractivity contribution in [2.75, 3.05) is 13.2 Å². The molecule has 3 heteroatoms. The summed E-state index contributed by atoms with van der Waals surface area (Å²) >= 11 is 0. The summed E-state index contributed by atoms with van der Waals surface area (Å²) in [7, 11) is 0. The molecule has 1 rings (SSSR count). The molecule has 0 saturated carbocycles. The Morgan fingerprint density at radius 2 is 2.25 bits per heavy atom. The van der Waals surface area contributed by atoms with Crippen LogP contribution < -0.4 is 10.5 Å². The number of aryl methyl sites for hydroxylation is 1. The van der Waals surface area contributed by atoms with Gasteiger partial charge in [0.05, 0.1) is 5.69 Å². The van der Waals surface area contributed by atoms with Gasteiger partial charge in [0.25, 0.3) is 0 Å². The van der Waals surface area contributed by atoms with E-state index < -0.39 is 0 Å². The van der Waals surface area contributed by atoms with E-state index in [0.717, 1.165) is 35.6 Å². The zero-order chi connectivity index (χ0) is 12.0. The fourth-order valence-electron chi connectivity index (χ4n) is 1.33. The Morgan fingerprint density at radius 3 is 2.88 bits per heavy atom. The SMILES string of the molecule is C=C(CC)COc1ccc(C)nc1CCN. The molecule has 1 aromatic heterocycles. The largest absolute Gasteiger partial charge is 0.487 e. The van der Waals surface area contributed by atoms with Gasteiger partial charge in [-0.25, -0.2) is 0 Å². The van der Waals surface area contributed by atoms with E-state index in [1.807, 2.05) is 19.1 Å². The number of ether oxygens (including phenoxy) is 1. The van der Waals surface area contributed by atoms with Crippen LogP contribution in [-0.2, 0) is 6.42 Å². The van der Waals surface area contributed by atoms with E-state index >= 15 is 0 Å². The molecular weight excluding hydrogens is 200 g/mol. The lowest BCUT2D eigenvalue weighted by molar-refractivity contribution is 0.343. The molecule has 1 aromatic rings. The Morgan fingerprint density at radius 1 is 1.50 bits per heavy atom. The van der Waals surface area contributed by atoms with E-state index in [2.05, 4.69) is 18.5 Å². The maximum atomic E-state index is 5.68. The third-order valence-electron chi connectivity index (χ3n) is 2.38. The highest BCUT2D eigenvalue weighted by molar-refractivity contribution is 5.30. The van der Waals surface area contributed by atoms with Gasteiger partial charge in [0, 0.05) is 12.1 Å². The van der Waals surface area contributed by atoms with Crippen LogP contribution in [0.4, 0.5) is 0 Å². The van der Waals surface area contributed by atoms with Crippen LogP contribution in [-0.4, -0.2) is 18.1 Å². The summed E-state index contributed by atoms with van der Waals surface area (Å²) in [6.45, 7) is 9.09. The molecule has 0 saturated heterocycles. The number of nitrogens with zero attached hydrogens (tertiary/aromatic N) is 1. The fourth-order valence-corrected chi connectivity index (χ4v) is 1.33. The summed E-state index contributed by atoms with van der Waals surface area (Å²) in [5.41, 5.74) is 8.56. The van der Waals surface area contributed by atoms with Crippen LogP contribution in [0.3, 0.4) is 0 Å². The predicted octanol–water partition coefficient (Wildman–Crippen LogP) is 2.24. The molecule has 0 radical (unpaired) electrons. The molecule has 0 spiro atoms. The summed E-state index contributed by atoms with van der Waals surface area (Å²) in [6, 6.07) is 3.90. The van der Waals surface area contributed by atoms with E-state index in [-0.39, 0.29) is 0 Å². The van der Waals surface area contributed by atoms with Gasteiger partial charge >= 0.3 is 0 Å². The van der Waals surface area contributed by atoms with E-state index in [0.29, 0.717) is 13.2 Å². The van der Waals surface area contributed by atoms with Crippen LogP contribution in [0.1, 0.15) is 24.7 Å². The predicted molar refractivity (Wildman–Crippen MR) is 66.7 cm³/mol. The zero-order valence-electron chi connectivity index (χ0n) is 10.1. The smallest absolute Gasteiger partial charge is 0.141 e. The number of pyridine rings is 1. The molecule has 0 bridgehead atoms. The van der Waals surface area contributed by atoms with Gasteiger partial charge in [0.1, 0.15) is 12.4 Å². The maximum absolute atomic E-state index is 5.68. The lowest BCUT2D eigenvalue weighted by atomic mass is 10.2. The second-order valence-electron chi connectivity index (χ2n) is 3.83. The summed E-state index contributed by atoms with van der Waals surface area (Å²) in [4.78, 5) is 4.43.